The number of rotatable bonds is 7. The molecule has 0 atom stereocenters. The second-order valence-corrected chi connectivity index (χ2v) is 11.7. The normalized spacial score (nSPS) is 11.2. The molecule has 0 aliphatic heterocycles. The van der Waals surface area contributed by atoms with Gasteiger partial charge < -0.3 is 9.47 Å². The molecule has 0 aliphatic carbocycles. The van der Waals surface area contributed by atoms with E-state index in [9.17, 15) is 0 Å². The van der Waals surface area contributed by atoms with E-state index in [0.29, 0.717) is 0 Å². The first-order valence-corrected chi connectivity index (χ1v) is 16.0. The minimum absolute atomic E-state index is 0.959. The summed E-state index contributed by atoms with van der Waals surface area (Å²) < 4.78 is 2.40. The largest absolute Gasteiger partial charge is 0.341 e. The van der Waals surface area contributed by atoms with Crippen molar-refractivity contribution < 1.29 is 0 Å². The fourth-order valence-corrected chi connectivity index (χ4v) is 6.69. The van der Waals surface area contributed by atoms with Crippen molar-refractivity contribution in [3.63, 3.8) is 0 Å². The Hall–Kier alpha value is -5.86. The van der Waals surface area contributed by atoms with Crippen LogP contribution in [0.5, 0.6) is 0 Å². The van der Waals surface area contributed by atoms with Crippen LogP contribution in [-0.2, 0) is 6.54 Å². The summed E-state index contributed by atoms with van der Waals surface area (Å²) in [6, 6.07) is 63.4. The van der Waals surface area contributed by atoms with Crippen molar-refractivity contribution in [3.8, 4) is 33.4 Å². The summed E-state index contributed by atoms with van der Waals surface area (Å²) in [7, 11) is 0. The van der Waals surface area contributed by atoms with Gasteiger partial charge in [0, 0.05) is 45.4 Å². The summed E-state index contributed by atoms with van der Waals surface area (Å²) in [5, 5.41) is 2.63. The fourth-order valence-electron chi connectivity index (χ4n) is 6.69. The zero-order valence-corrected chi connectivity index (χ0v) is 25.8. The molecule has 7 aromatic carbocycles. The summed E-state index contributed by atoms with van der Waals surface area (Å²) >= 11 is 0. The lowest BCUT2D eigenvalue weighted by Crippen LogP contribution is -2.09. The van der Waals surface area contributed by atoms with Crippen LogP contribution in [-0.4, -0.2) is 4.57 Å². The van der Waals surface area contributed by atoms with Gasteiger partial charge in [0.15, 0.2) is 0 Å². The third kappa shape index (κ3) is 5.04. The molecule has 0 aliphatic rings. The highest BCUT2D eigenvalue weighted by Gasteiger charge is 2.14. The molecule has 46 heavy (non-hydrogen) atoms. The number of nitrogens with zero attached hydrogens (tertiary/aromatic N) is 2. The highest BCUT2D eigenvalue weighted by molar-refractivity contribution is 6.09. The molecule has 0 amide bonds. The average molecular weight is 591 g/mol. The lowest BCUT2D eigenvalue weighted by molar-refractivity contribution is 0.827. The molecule has 0 radical (unpaired) electrons. The molecule has 1 aromatic heterocycles. The van der Waals surface area contributed by atoms with E-state index in [0.717, 1.165) is 23.6 Å². The first kappa shape index (κ1) is 27.7. The Labute approximate surface area is 270 Å². The van der Waals surface area contributed by atoms with Gasteiger partial charge in [0.1, 0.15) is 0 Å². The summed E-state index contributed by atoms with van der Waals surface area (Å²) in [6.07, 6.45) is 0. The topological polar surface area (TPSA) is 8.17 Å². The Morgan fingerprint density at radius 1 is 0.370 bits per heavy atom. The van der Waals surface area contributed by atoms with E-state index in [2.05, 4.69) is 192 Å². The van der Waals surface area contributed by atoms with Crippen molar-refractivity contribution in [3.05, 3.63) is 176 Å². The molecule has 0 saturated carbocycles. The highest BCUT2D eigenvalue weighted by Crippen LogP contribution is 2.37. The van der Waals surface area contributed by atoms with Gasteiger partial charge in [-0.05, 0) is 94.9 Å². The van der Waals surface area contributed by atoms with Crippen LogP contribution in [0, 0.1) is 0 Å². The van der Waals surface area contributed by atoms with Crippen molar-refractivity contribution in [2.75, 3.05) is 4.90 Å². The summed E-state index contributed by atoms with van der Waals surface area (Å²) in [6.45, 7) is 3.17. The van der Waals surface area contributed by atoms with Gasteiger partial charge in [-0.15, -0.1) is 0 Å². The van der Waals surface area contributed by atoms with Crippen molar-refractivity contribution in [1.29, 1.82) is 0 Å². The van der Waals surface area contributed by atoms with Gasteiger partial charge in [-0.3, -0.25) is 0 Å². The van der Waals surface area contributed by atoms with E-state index < -0.39 is 0 Å². The molecule has 0 bridgehead atoms. The number of anilines is 3. The third-order valence-electron chi connectivity index (χ3n) is 9.01. The van der Waals surface area contributed by atoms with Gasteiger partial charge in [0.25, 0.3) is 0 Å². The third-order valence-corrected chi connectivity index (χ3v) is 9.01. The SMILES string of the molecule is CCn1c2ccccc2c2cc(-c3ccc(-c4ccc(N(c5ccccc5)c5ccc(-c6ccccc6)cc5)cc4)cc3)ccc21. The molecular formula is C44H34N2. The van der Waals surface area contributed by atoms with E-state index in [4.69, 9.17) is 0 Å². The second-order valence-electron chi connectivity index (χ2n) is 11.7. The average Bonchev–Trinajstić information content (AvgIpc) is 3.46. The summed E-state index contributed by atoms with van der Waals surface area (Å²) in [4.78, 5) is 2.31. The van der Waals surface area contributed by atoms with Gasteiger partial charge >= 0.3 is 0 Å². The molecule has 220 valence electrons. The molecular weight excluding hydrogens is 556 g/mol. The molecule has 0 spiro atoms. The first-order valence-electron chi connectivity index (χ1n) is 16.0. The second kappa shape index (κ2) is 11.9. The quantitative estimate of drug-likeness (QED) is 0.179. The maximum atomic E-state index is 2.40. The lowest BCUT2D eigenvalue weighted by Gasteiger charge is -2.26. The zero-order valence-electron chi connectivity index (χ0n) is 25.8. The minimum Gasteiger partial charge on any atom is -0.341 e. The molecule has 2 heteroatoms. The number of aryl methyl sites for hydroxylation is 1. The molecule has 0 saturated heterocycles. The molecule has 2 nitrogen and oxygen atoms in total. The van der Waals surface area contributed by atoms with Gasteiger partial charge in [-0.2, -0.15) is 0 Å². The van der Waals surface area contributed by atoms with Crippen molar-refractivity contribution in [2.45, 2.75) is 13.5 Å². The smallest absolute Gasteiger partial charge is 0.0491 e. The molecule has 0 N–H and O–H groups in total. The monoisotopic (exact) mass is 590 g/mol. The van der Waals surface area contributed by atoms with E-state index in [1.165, 1.54) is 55.2 Å². The van der Waals surface area contributed by atoms with Crippen LogP contribution in [0.15, 0.2) is 176 Å². The Balaban J connectivity index is 1.08. The van der Waals surface area contributed by atoms with Crippen LogP contribution < -0.4 is 4.90 Å². The van der Waals surface area contributed by atoms with Crippen molar-refractivity contribution in [2.24, 2.45) is 0 Å². The van der Waals surface area contributed by atoms with E-state index in [1.807, 2.05) is 0 Å². The van der Waals surface area contributed by atoms with Gasteiger partial charge in [-0.25, -0.2) is 0 Å². The van der Waals surface area contributed by atoms with Crippen LogP contribution in [0.2, 0.25) is 0 Å². The van der Waals surface area contributed by atoms with E-state index >= 15 is 0 Å². The predicted octanol–water partition coefficient (Wildman–Crippen LogP) is 12.3. The number of hydrogen-bond donors (Lipinski definition) is 0. The van der Waals surface area contributed by atoms with Gasteiger partial charge in [-0.1, -0.05) is 121 Å². The lowest BCUT2D eigenvalue weighted by atomic mass is 9.99. The van der Waals surface area contributed by atoms with Gasteiger partial charge in [0.05, 0.1) is 0 Å². The zero-order chi connectivity index (χ0) is 30.9. The van der Waals surface area contributed by atoms with Gasteiger partial charge in [0.2, 0.25) is 0 Å². The Bertz CT molecular complexity index is 2250. The van der Waals surface area contributed by atoms with Crippen molar-refractivity contribution >= 4 is 38.9 Å². The van der Waals surface area contributed by atoms with E-state index in [1.54, 1.807) is 0 Å². The molecule has 8 aromatic rings. The molecule has 0 fully saturated rings. The van der Waals surface area contributed by atoms with Crippen LogP contribution in [0.4, 0.5) is 17.1 Å². The Morgan fingerprint density at radius 3 is 1.37 bits per heavy atom. The summed E-state index contributed by atoms with van der Waals surface area (Å²) in [5.74, 6) is 0. The number of hydrogen-bond acceptors (Lipinski definition) is 1. The molecule has 0 unspecified atom stereocenters. The Kier molecular flexibility index (Phi) is 7.16. The maximum absolute atomic E-state index is 2.40. The van der Waals surface area contributed by atoms with Crippen LogP contribution in [0.25, 0.3) is 55.2 Å². The molecule has 1 heterocycles. The van der Waals surface area contributed by atoms with Crippen molar-refractivity contribution in [1.82, 2.24) is 4.57 Å². The van der Waals surface area contributed by atoms with Crippen LogP contribution in [0.1, 0.15) is 6.92 Å². The predicted molar refractivity (Wildman–Crippen MR) is 196 cm³/mol. The maximum Gasteiger partial charge on any atom is 0.0491 e. The molecule has 8 rings (SSSR count). The fraction of sp³-hybridized carbons (Fsp3) is 0.0455. The van der Waals surface area contributed by atoms with Crippen LogP contribution >= 0.6 is 0 Å². The first-order chi connectivity index (χ1) is 22.8. The number of fused-ring (bicyclic) bond motifs is 3. The standard InChI is InChI=1S/C44H34N2/c1-2-45-43-16-10-9-15-41(43)42-31-37(25-30-44(42)45)36-19-17-33(18-20-36)35-23-28-40(29-24-35)46(38-13-7-4-8-14-38)39-26-21-34(22-27-39)32-11-5-3-6-12-32/h3-31H,2H2,1H3. The minimum atomic E-state index is 0.959. The summed E-state index contributed by atoms with van der Waals surface area (Å²) in [5.41, 5.74) is 13.3. The number of benzene rings is 7. The number of para-hydroxylation sites is 2. The number of aromatic nitrogens is 1. The van der Waals surface area contributed by atoms with Crippen LogP contribution in [0.3, 0.4) is 0 Å². The highest BCUT2D eigenvalue weighted by atomic mass is 15.1. The van der Waals surface area contributed by atoms with E-state index in [-0.39, 0.29) is 0 Å². The Morgan fingerprint density at radius 2 is 0.783 bits per heavy atom.